The minimum Gasteiger partial charge on any atom is -0.206 e. The monoisotopic (exact) mass is 188 g/mol. The zero-order chi connectivity index (χ0) is 9.97. The van der Waals surface area contributed by atoms with E-state index in [-0.39, 0.29) is 5.82 Å². The van der Waals surface area contributed by atoms with Gasteiger partial charge in [0.05, 0.1) is 0 Å². The minimum atomic E-state index is -0.131. The summed E-state index contributed by atoms with van der Waals surface area (Å²) >= 11 is 0. The Hall–Kier alpha value is -1.37. The molecule has 1 aliphatic rings. The predicted molar refractivity (Wildman–Crippen MR) is 57.5 cm³/mol. The molecule has 1 heteroatoms. The van der Waals surface area contributed by atoms with Crippen LogP contribution in [0, 0.1) is 12.7 Å². The fourth-order valence-corrected chi connectivity index (χ4v) is 1.67. The van der Waals surface area contributed by atoms with Crippen LogP contribution in [0.1, 0.15) is 24.0 Å². The lowest BCUT2D eigenvalue weighted by Gasteiger charge is -2.08. The van der Waals surface area contributed by atoms with E-state index in [4.69, 9.17) is 0 Å². The van der Waals surface area contributed by atoms with Crippen molar-refractivity contribution in [3.63, 3.8) is 0 Å². The van der Waals surface area contributed by atoms with Crippen LogP contribution in [0.4, 0.5) is 4.39 Å². The van der Waals surface area contributed by atoms with Gasteiger partial charge < -0.3 is 0 Å². The Kier molecular flexibility index (Phi) is 2.49. The van der Waals surface area contributed by atoms with Crippen molar-refractivity contribution in [2.75, 3.05) is 0 Å². The molecule has 0 nitrogen and oxygen atoms in total. The van der Waals surface area contributed by atoms with Crippen LogP contribution in [0.15, 0.2) is 36.4 Å². The topological polar surface area (TPSA) is 0 Å². The van der Waals surface area contributed by atoms with Crippen molar-refractivity contribution in [1.29, 1.82) is 0 Å². The van der Waals surface area contributed by atoms with E-state index in [0.29, 0.717) is 0 Å². The van der Waals surface area contributed by atoms with E-state index in [9.17, 15) is 4.39 Å². The second kappa shape index (κ2) is 3.79. The second-order valence-corrected chi connectivity index (χ2v) is 3.62. The second-order valence-electron chi connectivity index (χ2n) is 3.62. The molecule has 2 rings (SSSR count). The summed E-state index contributed by atoms with van der Waals surface area (Å²) in [6.07, 6.45) is 8.27. The van der Waals surface area contributed by atoms with Gasteiger partial charge in [-0.1, -0.05) is 29.9 Å². The van der Waals surface area contributed by atoms with Gasteiger partial charge in [-0.15, -0.1) is 0 Å². The normalized spacial score (nSPS) is 15.4. The molecule has 1 aromatic carbocycles. The summed E-state index contributed by atoms with van der Waals surface area (Å²) in [4.78, 5) is 0. The predicted octanol–water partition coefficient (Wildman–Crippen LogP) is 3.87. The first-order valence-corrected chi connectivity index (χ1v) is 4.90. The summed E-state index contributed by atoms with van der Waals surface area (Å²) in [6.45, 7) is 1.98. The highest BCUT2D eigenvalue weighted by Crippen LogP contribution is 2.24. The summed E-state index contributed by atoms with van der Waals surface area (Å²) in [7, 11) is 0. The highest BCUT2D eigenvalue weighted by atomic mass is 19.1. The third kappa shape index (κ3) is 1.77. The Morgan fingerprint density at radius 1 is 1.21 bits per heavy atom. The van der Waals surface area contributed by atoms with E-state index in [2.05, 4.69) is 12.2 Å². The molecule has 0 heterocycles. The van der Waals surface area contributed by atoms with Gasteiger partial charge in [0, 0.05) is 5.56 Å². The molecule has 0 saturated carbocycles. The highest BCUT2D eigenvalue weighted by molar-refractivity contribution is 5.75. The van der Waals surface area contributed by atoms with Gasteiger partial charge in [-0.3, -0.25) is 0 Å². The van der Waals surface area contributed by atoms with Crippen LogP contribution < -0.4 is 0 Å². The van der Waals surface area contributed by atoms with E-state index in [0.717, 1.165) is 29.5 Å². The average Bonchev–Trinajstić information content (AvgIpc) is 2.23. The molecule has 0 bridgehead atoms. The summed E-state index contributed by atoms with van der Waals surface area (Å²) in [6, 6.07) is 5.23. The summed E-state index contributed by atoms with van der Waals surface area (Å²) in [5.74, 6) is -0.131. The van der Waals surface area contributed by atoms with Crippen LogP contribution in [0.3, 0.4) is 0 Å². The fraction of sp³-hybridized carbons (Fsp3) is 0.231. The van der Waals surface area contributed by atoms with Gasteiger partial charge in [0.15, 0.2) is 0 Å². The lowest BCUT2D eigenvalue weighted by molar-refractivity contribution is 0.623. The van der Waals surface area contributed by atoms with E-state index < -0.39 is 0 Å². The molecule has 0 radical (unpaired) electrons. The van der Waals surface area contributed by atoms with Gasteiger partial charge in [0.2, 0.25) is 0 Å². The third-order valence-electron chi connectivity index (χ3n) is 2.43. The van der Waals surface area contributed by atoms with Crippen molar-refractivity contribution in [2.24, 2.45) is 0 Å². The van der Waals surface area contributed by atoms with Crippen molar-refractivity contribution in [2.45, 2.75) is 19.8 Å². The molecule has 1 aromatic rings. The Morgan fingerprint density at radius 2 is 2.07 bits per heavy atom. The van der Waals surface area contributed by atoms with Crippen LogP contribution in [0.25, 0.3) is 5.57 Å². The summed E-state index contributed by atoms with van der Waals surface area (Å²) < 4.78 is 13.5. The molecule has 0 unspecified atom stereocenters. The number of allylic oxidation sites excluding steroid dienone is 4. The molecule has 0 spiro atoms. The molecule has 0 aliphatic heterocycles. The zero-order valence-corrected chi connectivity index (χ0v) is 8.26. The van der Waals surface area contributed by atoms with Crippen molar-refractivity contribution < 1.29 is 4.39 Å². The minimum absolute atomic E-state index is 0.131. The van der Waals surface area contributed by atoms with E-state index in [1.165, 1.54) is 6.07 Å². The largest absolute Gasteiger partial charge is 0.206 e. The van der Waals surface area contributed by atoms with E-state index >= 15 is 0 Å². The summed E-state index contributed by atoms with van der Waals surface area (Å²) in [5.41, 5.74) is 2.83. The van der Waals surface area contributed by atoms with Crippen LogP contribution >= 0.6 is 0 Å². The van der Waals surface area contributed by atoms with Crippen molar-refractivity contribution in [3.05, 3.63) is 53.4 Å². The SMILES string of the molecule is Cc1ccc(F)c(C2=CCCC=C2)c1. The Labute approximate surface area is 83.8 Å². The Balaban J connectivity index is 2.44. The van der Waals surface area contributed by atoms with Gasteiger partial charge in [-0.2, -0.15) is 0 Å². The van der Waals surface area contributed by atoms with Crippen molar-refractivity contribution in [3.8, 4) is 0 Å². The maximum atomic E-state index is 13.5. The average molecular weight is 188 g/mol. The van der Waals surface area contributed by atoms with E-state index in [1.807, 2.05) is 19.1 Å². The first-order valence-electron chi connectivity index (χ1n) is 4.90. The number of hydrogen-bond donors (Lipinski definition) is 0. The van der Waals surface area contributed by atoms with Crippen LogP contribution in [-0.2, 0) is 0 Å². The number of hydrogen-bond acceptors (Lipinski definition) is 0. The fourth-order valence-electron chi connectivity index (χ4n) is 1.67. The summed E-state index contributed by atoms with van der Waals surface area (Å²) in [5, 5.41) is 0. The third-order valence-corrected chi connectivity index (χ3v) is 2.43. The Bertz CT molecular complexity index is 400. The molecule has 0 atom stereocenters. The van der Waals surface area contributed by atoms with Crippen LogP contribution in [-0.4, -0.2) is 0 Å². The molecule has 0 amide bonds. The molecule has 0 saturated heterocycles. The number of rotatable bonds is 1. The Morgan fingerprint density at radius 3 is 2.79 bits per heavy atom. The molecule has 1 aliphatic carbocycles. The first kappa shape index (κ1) is 9.20. The van der Waals surface area contributed by atoms with Crippen molar-refractivity contribution in [1.82, 2.24) is 0 Å². The first-order chi connectivity index (χ1) is 6.77. The molecule has 0 fully saturated rings. The van der Waals surface area contributed by atoms with Crippen molar-refractivity contribution >= 4 is 5.57 Å². The standard InChI is InChI=1S/C13H13F/c1-10-7-8-13(14)12(9-10)11-5-3-2-4-6-11/h3,5-9H,2,4H2,1H3. The maximum absolute atomic E-state index is 13.5. The molecule has 72 valence electrons. The number of benzene rings is 1. The van der Waals surface area contributed by atoms with Gasteiger partial charge in [0.25, 0.3) is 0 Å². The lowest BCUT2D eigenvalue weighted by atomic mass is 9.98. The smallest absolute Gasteiger partial charge is 0.131 e. The molecule has 14 heavy (non-hydrogen) atoms. The van der Waals surface area contributed by atoms with Crippen LogP contribution in [0.2, 0.25) is 0 Å². The number of aryl methyl sites for hydroxylation is 1. The van der Waals surface area contributed by atoms with Crippen LogP contribution in [0.5, 0.6) is 0 Å². The number of halogens is 1. The lowest BCUT2D eigenvalue weighted by Crippen LogP contribution is -1.91. The molecule has 0 N–H and O–H groups in total. The molecular weight excluding hydrogens is 175 g/mol. The van der Waals surface area contributed by atoms with E-state index in [1.54, 1.807) is 6.07 Å². The molecular formula is C13H13F. The zero-order valence-electron chi connectivity index (χ0n) is 8.26. The van der Waals surface area contributed by atoms with Gasteiger partial charge in [-0.25, -0.2) is 4.39 Å². The molecule has 0 aromatic heterocycles. The van der Waals surface area contributed by atoms with Gasteiger partial charge in [-0.05, 0) is 37.5 Å². The highest BCUT2D eigenvalue weighted by Gasteiger charge is 2.06. The van der Waals surface area contributed by atoms with Gasteiger partial charge in [0.1, 0.15) is 5.82 Å². The quantitative estimate of drug-likeness (QED) is 0.627. The van der Waals surface area contributed by atoms with Gasteiger partial charge >= 0.3 is 0 Å². The maximum Gasteiger partial charge on any atom is 0.131 e.